The second-order valence-electron chi connectivity index (χ2n) is 12.3. The minimum absolute atomic E-state index is 0.230. The van der Waals surface area contributed by atoms with Gasteiger partial charge in [-0.2, -0.15) is 5.10 Å². The van der Waals surface area contributed by atoms with E-state index in [9.17, 15) is 4.79 Å². The molecule has 7 rings (SSSR count). The first-order valence-corrected chi connectivity index (χ1v) is 14.9. The first-order chi connectivity index (χ1) is 17.8. The predicted octanol–water partition coefficient (Wildman–Crippen LogP) is 5.03. The fourth-order valence-corrected chi connectivity index (χ4v) is 9.25. The van der Waals surface area contributed by atoms with Crippen LogP contribution in [-0.2, 0) is 4.79 Å². The molecule has 0 radical (unpaired) electrons. The van der Waals surface area contributed by atoms with Gasteiger partial charge < -0.3 is 10.3 Å². The van der Waals surface area contributed by atoms with Crippen LogP contribution in [0.3, 0.4) is 0 Å². The van der Waals surface area contributed by atoms with Crippen molar-refractivity contribution < 1.29 is 4.79 Å². The number of fused-ring (bicyclic) bond motifs is 4. The van der Waals surface area contributed by atoms with E-state index >= 15 is 0 Å². The topological polar surface area (TPSA) is 78.3 Å². The number of aromatic nitrogens is 4. The number of carbonyl (C=O) groups excluding carboxylic acids is 1. The second-order valence-corrected chi connectivity index (χ2v) is 13.5. The summed E-state index contributed by atoms with van der Waals surface area (Å²) in [5.41, 5.74) is 8.91. The van der Waals surface area contributed by atoms with Crippen LogP contribution in [-0.4, -0.2) is 60.8 Å². The molecule has 1 amide bonds. The molecular weight excluding hydrogens is 480 g/mol. The lowest BCUT2D eigenvalue weighted by molar-refractivity contribution is -0.122. The smallest absolute Gasteiger partial charge is 0.234 e. The quantitative estimate of drug-likeness (QED) is 0.479. The average Bonchev–Trinajstić information content (AvgIpc) is 3.28. The summed E-state index contributed by atoms with van der Waals surface area (Å²) in [6, 6.07) is 1.03. The van der Waals surface area contributed by atoms with Crippen LogP contribution < -0.4 is 5.32 Å². The van der Waals surface area contributed by atoms with Gasteiger partial charge in [-0.05, 0) is 85.5 Å². The Kier molecular flexibility index (Phi) is 5.52. The largest absolute Gasteiger partial charge is 0.352 e. The van der Waals surface area contributed by atoms with E-state index in [0.717, 1.165) is 31.0 Å². The molecule has 4 unspecified atom stereocenters. The molecular formula is C29H38N6OS. The Morgan fingerprint density at radius 3 is 2.76 bits per heavy atom. The van der Waals surface area contributed by atoms with Gasteiger partial charge in [-0.25, -0.2) is 9.50 Å². The molecule has 3 aromatic rings. The van der Waals surface area contributed by atoms with Crippen molar-refractivity contribution in [1.29, 1.82) is 0 Å². The highest BCUT2D eigenvalue weighted by atomic mass is 32.2. The molecule has 2 aliphatic heterocycles. The molecule has 2 N–H and O–H groups in total. The summed E-state index contributed by atoms with van der Waals surface area (Å²) in [7, 11) is 0. The molecule has 5 heterocycles. The molecule has 4 aliphatic rings. The number of nitrogens with one attached hydrogen (secondary N) is 2. The lowest BCUT2D eigenvalue weighted by atomic mass is 9.81. The molecule has 2 bridgehead atoms. The first-order valence-electron chi connectivity index (χ1n) is 14.1. The van der Waals surface area contributed by atoms with Gasteiger partial charge in [0.15, 0.2) is 5.65 Å². The van der Waals surface area contributed by atoms with Crippen LogP contribution in [0.5, 0.6) is 0 Å². The molecule has 3 aromatic heterocycles. The van der Waals surface area contributed by atoms with Gasteiger partial charge in [-0.1, -0.05) is 20.8 Å². The van der Waals surface area contributed by atoms with Crippen molar-refractivity contribution in [2.24, 2.45) is 11.8 Å². The Balaban J connectivity index is 1.14. The van der Waals surface area contributed by atoms with E-state index in [1.807, 2.05) is 4.52 Å². The number of amides is 1. The minimum Gasteiger partial charge on any atom is -0.352 e. The summed E-state index contributed by atoms with van der Waals surface area (Å²) in [5.74, 6) is 2.63. The van der Waals surface area contributed by atoms with Gasteiger partial charge in [0, 0.05) is 35.6 Å². The number of hydrogen-bond donors (Lipinski definition) is 2. The van der Waals surface area contributed by atoms with Gasteiger partial charge in [-0.15, -0.1) is 11.8 Å². The van der Waals surface area contributed by atoms with Crippen molar-refractivity contribution in [3.63, 3.8) is 0 Å². The molecule has 1 saturated heterocycles. The van der Waals surface area contributed by atoms with Gasteiger partial charge in [0.05, 0.1) is 17.3 Å². The highest BCUT2D eigenvalue weighted by Crippen LogP contribution is 2.58. The molecule has 37 heavy (non-hydrogen) atoms. The Morgan fingerprint density at radius 2 is 2.05 bits per heavy atom. The zero-order valence-corrected chi connectivity index (χ0v) is 23.4. The zero-order chi connectivity index (χ0) is 25.6. The van der Waals surface area contributed by atoms with E-state index in [1.165, 1.54) is 45.8 Å². The number of hydrogen-bond acceptors (Lipinski definition) is 5. The van der Waals surface area contributed by atoms with E-state index in [4.69, 9.17) is 0 Å². The number of rotatable bonds is 6. The van der Waals surface area contributed by atoms with Crippen LogP contribution in [0.1, 0.15) is 80.5 Å². The van der Waals surface area contributed by atoms with E-state index in [0.29, 0.717) is 41.6 Å². The minimum atomic E-state index is 0.230. The van der Waals surface area contributed by atoms with Crippen LogP contribution >= 0.6 is 11.8 Å². The third kappa shape index (κ3) is 3.77. The highest BCUT2D eigenvalue weighted by Gasteiger charge is 2.51. The molecule has 3 fully saturated rings. The lowest BCUT2D eigenvalue weighted by Crippen LogP contribution is -2.44. The average molecular weight is 519 g/mol. The third-order valence-electron chi connectivity index (χ3n) is 9.64. The van der Waals surface area contributed by atoms with E-state index in [2.05, 4.69) is 77.9 Å². The Morgan fingerprint density at radius 1 is 1.24 bits per heavy atom. The maximum atomic E-state index is 12.4. The van der Waals surface area contributed by atoms with Gasteiger partial charge in [0.2, 0.25) is 5.91 Å². The van der Waals surface area contributed by atoms with Crippen LogP contribution in [0.2, 0.25) is 0 Å². The maximum Gasteiger partial charge on any atom is 0.234 e. The van der Waals surface area contributed by atoms with Crippen molar-refractivity contribution in [3.8, 4) is 11.3 Å². The molecule has 0 spiro atoms. The van der Waals surface area contributed by atoms with Crippen LogP contribution in [0.25, 0.3) is 16.9 Å². The summed E-state index contributed by atoms with van der Waals surface area (Å²) in [5, 5.41) is 9.61. The number of pyridine rings is 1. The Labute approximate surface area is 223 Å². The van der Waals surface area contributed by atoms with Gasteiger partial charge >= 0.3 is 0 Å². The van der Waals surface area contributed by atoms with Crippen molar-refractivity contribution in [1.82, 2.24) is 29.8 Å². The van der Waals surface area contributed by atoms with Crippen molar-refractivity contribution in [2.45, 2.75) is 94.5 Å². The van der Waals surface area contributed by atoms with Gasteiger partial charge in [0.25, 0.3) is 0 Å². The van der Waals surface area contributed by atoms with Crippen molar-refractivity contribution >= 4 is 23.3 Å². The van der Waals surface area contributed by atoms with Crippen LogP contribution in [0.15, 0.2) is 17.6 Å². The normalized spacial score (nSPS) is 29.1. The summed E-state index contributed by atoms with van der Waals surface area (Å²) < 4.78 is 1.92. The van der Waals surface area contributed by atoms with Crippen LogP contribution in [0, 0.1) is 25.7 Å². The number of aromatic amines is 1. The molecule has 5 atom stereocenters. The number of H-pyrrole nitrogens is 1. The lowest BCUT2D eigenvalue weighted by Gasteiger charge is -2.35. The molecule has 0 aromatic carbocycles. The highest BCUT2D eigenvalue weighted by molar-refractivity contribution is 8.00. The number of likely N-dealkylation sites (tertiary alicyclic amines) is 1. The number of nitrogens with zero attached hydrogens (tertiary/aromatic N) is 4. The summed E-state index contributed by atoms with van der Waals surface area (Å²) >= 11 is 2.09. The molecule has 2 saturated carbocycles. The standard InChI is InChI=1S/C29H38N6OS/c1-14(2)24-25-17(5)27(21-9-20-8-18(21)10-34(20)12-23(36)32-19-6-7-19)37-29(25)33-26(24)22-11-35-28(30-13-31-35)16(4)15(22)3/h11,13-14,17-21,27,33H,6-10,12H2,1-5H3,(H,32,36)/t17?,18?,20?,21-,27?/m1/s1. The molecule has 8 heteroatoms. The SMILES string of the molecule is Cc1c(-c2[nH]c3c(c2C(C)C)C(C)C([C@@H]2CC4CC2CN4CC(=O)NC2CC2)S3)cn2ncnc2c1C. The summed E-state index contributed by atoms with van der Waals surface area (Å²) in [4.78, 5) is 23.2. The fraction of sp³-hybridized carbons (Fsp3) is 0.621. The van der Waals surface area contributed by atoms with E-state index < -0.39 is 0 Å². The monoisotopic (exact) mass is 518 g/mol. The molecule has 196 valence electrons. The summed E-state index contributed by atoms with van der Waals surface area (Å²) in [6.45, 7) is 13.2. The number of carbonyl (C=O) groups is 1. The maximum absolute atomic E-state index is 12.4. The first kappa shape index (κ1) is 23.8. The van der Waals surface area contributed by atoms with Crippen molar-refractivity contribution in [3.05, 3.63) is 34.8 Å². The Hall–Kier alpha value is -2.32. The predicted molar refractivity (Wildman–Crippen MR) is 147 cm³/mol. The van der Waals surface area contributed by atoms with E-state index in [1.54, 1.807) is 11.9 Å². The Bertz CT molecular complexity index is 1390. The number of piperidine rings is 1. The number of aryl methyl sites for hydroxylation is 1. The fourth-order valence-electron chi connectivity index (χ4n) is 7.54. The van der Waals surface area contributed by atoms with Crippen molar-refractivity contribution in [2.75, 3.05) is 13.1 Å². The van der Waals surface area contributed by atoms with Gasteiger partial charge in [-0.3, -0.25) is 9.69 Å². The number of thioether (sulfide) groups is 1. The van der Waals surface area contributed by atoms with Crippen LogP contribution in [0.4, 0.5) is 0 Å². The van der Waals surface area contributed by atoms with Gasteiger partial charge in [0.1, 0.15) is 6.33 Å². The van der Waals surface area contributed by atoms with E-state index in [-0.39, 0.29) is 5.91 Å². The molecule has 7 nitrogen and oxygen atoms in total. The third-order valence-corrected chi connectivity index (χ3v) is 11.2. The summed E-state index contributed by atoms with van der Waals surface area (Å²) in [6.07, 6.45) is 8.60. The zero-order valence-electron chi connectivity index (χ0n) is 22.5. The second kappa shape index (κ2) is 8.60. The molecule has 2 aliphatic carbocycles.